The topological polar surface area (TPSA) is 44.1 Å². The van der Waals surface area contributed by atoms with Crippen molar-refractivity contribution in [1.82, 2.24) is 9.78 Å². The van der Waals surface area contributed by atoms with Crippen molar-refractivity contribution in [2.75, 3.05) is 7.11 Å². The van der Waals surface area contributed by atoms with Crippen LogP contribution in [-0.4, -0.2) is 22.9 Å². The highest BCUT2D eigenvalue weighted by Gasteiger charge is 2.19. The van der Waals surface area contributed by atoms with Gasteiger partial charge in [0.15, 0.2) is 0 Å². The monoisotopic (exact) mass is 272 g/mol. The largest absolute Gasteiger partial charge is 0.469 e. The van der Waals surface area contributed by atoms with E-state index in [0.717, 1.165) is 22.6 Å². The first kappa shape index (κ1) is 14.3. The molecule has 20 heavy (non-hydrogen) atoms. The third kappa shape index (κ3) is 2.74. The number of para-hydroxylation sites is 1. The van der Waals surface area contributed by atoms with Crippen LogP contribution in [0.25, 0.3) is 5.69 Å². The molecule has 0 amide bonds. The Labute approximate surface area is 119 Å². The summed E-state index contributed by atoms with van der Waals surface area (Å²) in [6.07, 6.45) is 0.650. The molecule has 0 saturated heterocycles. The zero-order valence-electron chi connectivity index (χ0n) is 12.4. The smallest absolute Gasteiger partial charge is 0.308 e. The number of hydrogen-bond acceptors (Lipinski definition) is 3. The number of rotatable bonds is 4. The summed E-state index contributed by atoms with van der Waals surface area (Å²) in [6.45, 7) is 5.89. The Hall–Kier alpha value is -2.10. The fraction of sp³-hybridized carbons (Fsp3) is 0.375. The summed E-state index contributed by atoms with van der Waals surface area (Å²) >= 11 is 0. The molecule has 1 aromatic heterocycles. The molecule has 1 atom stereocenters. The molecule has 4 heteroatoms. The highest BCUT2D eigenvalue weighted by atomic mass is 16.5. The molecule has 1 aromatic carbocycles. The van der Waals surface area contributed by atoms with E-state index in [1.54, 1.807) is 0 Å². The van der Waals surface area contributed by atoms with Gasteiger partial charge in [0.05, 0.1) is 24.4 Å². The minimum atomic E-state index is -0.184. The number of esters is 1. The number of benzene rings is 1. The molecule has 2 rings (SSSR count). The molecule has 0 saturated carbocycles. The molecular formula is C16H20N2O2. The van der Waals surface area contributed by atoms with Crippen LogP contribution in [0.15, 0.2) is 30.3 Å². The third-order valence-electron chi connectivity index (χ3n) is 3.56. The number of aryl methyl sites for hydroxylation is 1. The number of ether oxygens (including phenoxy) is 1. The van der Waals surface area contributed by atoms with Gasteiger partial charge in [-0.2, -0.15) is 5.10 Å². The number of nitrogens with zero attached hydrogens (tertiary/aromatic N) is 2. The highest BCUT2D eigenvalue weighted by Crippen LogP contribution is 2.21. The van der Waals surface area contributed by atoms with Crippen molar-refractivity contribution in [3.05, 3.63) is 47.3 Å². The van der Waals surface area contributed by atoms with Gasteiger partial charge < -0.3 is 4.74 Å². The molecule has 0 aliphatic rings. The molecule has 0 bridgehead atoms. The molecule has 0 fully saturated rings. The van der Waals surface area contributed by atoms with Crippen LogP contribution >= 0.6 is 0 Å². The number of aromatic nitrogens is 2. The van der Waals surface area contributed by atoms with Crippen LogP contribution in [0.1, 0.15) is 23.9 Å². The Morgan fingerprint density at radius 3 is 2.55 bits per heavy atom. The van der Waals surface area contributed by atoms with Crippen molar-refractivity contribution >= 4 is 5.97 Å². The van der Waals surface area contributed by atoms with Gasteiger partial charge in [-0.25, -0.2) is 4.68 Å². The SMILES string of the molecule is COC(=O)C(C)Cc1c(C)nn(-c2ccccc2)c1C. The maximum atomic E-state index is 11.6. The fourth-order valence-corrected chi connectivity index (χ4v) is 2.38. The second-order valence-electron chi connectivity index (χ2n) is 5.03. The molecule has 0 N–H and O–H groups in total. The van der Waals surface area contributed by atoms with E-state index in [9.17, 15) is 4.79 Å². The second kappa shape index (κ2) is 5.90. The van der Waals surface area contributed by atoms with E-state index in [-0.39, 0.29) is 11.9 Å². The molecule has 0 aliphatic heterocycles. The van der Waals surface area contributed by atoms with Crippen LogP contribution in [0.2, 0.25) is 0 Å². The van der Waals surface area contributed by atoms with Crippen molar-refractivity contribution < 1.29 is 9.53 Å². The maximum absolute atomic E-state index is 11.6. The molecular weight excluding hydrogens is 252 g/mol. The Morgan fingerprint density at radius 2 is 1.95 bits per heavy atom. The van der Waals surface area contributed by atoms with E-state index in [1.165, 1.54) is 7.11 Å². The molecule has 2 aromatic rings. The predicted octanol–water partition coefficient (Wildman–Crippen LogP) is 2.84. The predicted molar refractivity (Wildman–Crippen MR) is 77.9 cm³/mol. The lowest BCUT2D eigenvalue weighted by Gasteiger charge is -2.09. The molecule has 0 aliphatic carbocycles. The molecule has 106 valence electrons. The van der Waals surface area contributed by atoms with Crippen LogP contribution in [0.5, 0.6) is 0 Å². The fourth-order valence-electron chi connectivity index (χ4n) is 2.38. The molecule has 0 radical (unpaired) electrons. The highest BCUT2D eigenvalue weighted by molar-refractivity contribution is 5.72. The van der Waals surface area contributed by atoms with E-state index in [0.29, 0.717) is 6.42 Å². The van der Waals surface area contributed by atoms with E-state index in [4.69, 9.17) is 4.74 Å². The number of carbonyl (C=O) groups excluding carboxylic acids is 1. The third-order valence-corrected chi connectivity index (χ3v) is 3.56. The van der Waals surface area contributed by atoms with E-state index in [2.05, 4.69) is 5.10 Å². The van der Waals surface area contributed by atoms with Crippen LogP contribution < -0.4 is 0 Å². The van der Waals surface area contributed by atoms with Gasteiger partial charge in [0, 0.05) is 5.69 Å². The number of carbonyl (C=O) groups is 1. The summed E-state index contributed by atoms with van der Waals surface area (Å²) in [5.74, 6) is -0.345. The second-order valence-corrected chi connectivity index (χ2v) is 5.03. The van der Waals surface area contributed by atoms with Crippen molar-refractivity contribution in [2.45, 2.75) is 27.2 Å². The van der Waals surface area contributed by atoms with Gasteiger partial charge in [0.25, 0.3) is 0 Å². The molecule has 1 heterocycles. The zero-order valence-corrected chi connectivity index (χ0v) is 12.4. The van der Waals surface area contributed by atoms with Crippen LogP contribution in [0, 0.1) is 19.8 Å². The lowest BCUT2D eigenvalue weighted by Crippen LogP contribution is -2.15. The van der Waals surface area contributed by atoms with Crippen molar-refractivity contribution in [2.24, 2.45) is 5.92 Å². The maximum Gasteiger partial charge on any atom is 0.308 e. The average molecular weight is 272 g/mol. The van der Waals surface area contributed by atoms with Crippen molar-refractivity contribution in [3.63, 3.8) is 0 Å². The summed E-state index contributed by atoms with van der Waals surface area (Å²) in [4.78, 5) is 11.6. The summed E-state index contributed by atoms with van der Waals surface area (Å²) in [7, 11) is 1.42. The quantitative estimate of drug-likeness (QED) is 0.804. The van der Waals surface area contributed by atoms with Crippen molar-refractivity contribution in [1.29, 1.82) is 0 Å². The molecule has 0 spiro atoms. The first-order valence-electron chi connectivity index (χ1n) is 6.73. The van der Waals surface area contributed by atoms with Crippen LogP contribution in [0.3, 0.4) is 0 Å². The van der Waals surface area contributed by atoms with Gasteiger partial charge in [-0.05, 0) is 38.0 Å². The van der Waals surface area contributed by atoms with Gasteiger partial charge in [-0.3, -0.25) is 4.79 Å². The summed E-state index contributed by atoms with van der Waals surface area (Å²) in [5.41, 5.74) is 4.18. The van der Waals surface area contributed by atoms with E-state index >= 15 is 0 Å². The normalized spacial score (nSPS) is 12.2. The Kier molecular flexibility index (Phi) is 4.23. The van der Waals surface area contributed by atoms with Gasteiger partial charge in [-0.1, -0.05) is 25.1 Å². The molecule has 1 unspecified atom stereocenters. The van der Waals surface area contributed by atoms with Gasteiger partial charge in [0.1, 0.15) is 0 Å². The Bertz CT molecular complexity index is 602. The first-order chi connectivity index (χ1) is 9.54. The lowest BCUT2D eigenvalue weighted by molar-refractivity contribution is -0.144. The Balaban J connectivity index is 2.33. The van der Waals surface area contributed by atoms with Gasteiger partial charge >= 0.3 is 5.97 Å². The van der Waals surface area contributed by atoms with E-state index in [1.807, 2.05) is 55.8 Å². The minimum absolute atomic E-state index is 0.161. The van der Waals surface area contributed by atoms with Crippen LogP contribution in [-0.2, 0) is 16.0 Å². The number of methoxy groups -OCH3 is 1. The number of hydrogen-bond donors (Lipinski definition) is 0. The minimum Gasteiger partial charge on any atom is -0.469 e. The van der Waals surface area contributed by atoms with Gasteiger partial charge in [-0.15, -0.1) is 0 Å². The van der Waals surface area contributed by atoms with Crippen molar-refractivity contribution in [3.8, 4) is 5.69 Å². The lowest BCUT2D eigenvalue weighted by atomic mass is 10.00. The van der Waals surface area contributed by atoms with Crippen LogP contribution in [0.4, 0.5) is 0 Å². The summed E-state index contributed by atoms with van der Waals surface area (Å²) in [6, 6.07) is 10.0. The zero-order chi connectivity index (χ0) is 14.7. The first-order valence-corrected chi connectivity index (χ1v) is 6.73. The Morgan fingerprint density at radius 1 is 1.30 bits per heavy atom. The molecule has 4 nitrogen and oxygen atoms in total. The standard InChI is InChI=1S/C16H20N2O2/c1-11(16(19)20-4)10-15-12(2)17-18(13(15)3)14-8-6-5-7-9-14/h5-9,11H,10H2,1-4H3. The summed E-state index contributed by atoms with van der Waals surface area (Å²) in [5, 5.41) is 4.58. The average Bonchev–Trinajstić information content (AvgIpc) is 2.75. The van der Waals surface area contributed by atoms with E-state index < -0.39 is 0 Å². The summed E-state index contributed by atoms with van der Waals surface area (Å²) < 4.78 is 6.71. The van der Waals surface area contributed by atoms with Gasteiger partial charge in [0.2, 0.25) is 0 Å².